The lowest BCUT2D eigenvalue weighted by Gasteiger charge is -2.18. The number of carbonyl (C=O) groups is 2. The summed E-state index contributed by atoms with van der Waals surface area (Å²) in [6, 6.07) is 0. The van der Waals surface area contributed by atoms with Crippen LogP contribution in [0.3, 0.4) is 0 Å². The van der Waals surface area contributed by atoms with Gasteiger partial charge in [-0.1, -0.05) is 19.3 Å². The number of hydrogen-bond acceptors (Lipinski definition) is 2. The van der Waals surface area contributed by atoms with Crippen LogP contribution in [0.25, 0.3) is 0 Å². The Morgan fingerprint density at radius 2 is 1.47 bits per heavy atom. The molecule has 1 aliphatic carbocycles. The third-order valence-corrected chi connectivity index (χ3v) is 2.43. The van der Waals surface area contributed by atoms with Crippen LogP contribution >= 0.6 is 0 Å². The maximum absolute atomic E-state index is 10.6. The number of alkyl halides is 3. The van der Waals surface area contributed by atoms with Gasteiger partial charge in [0.25, 0.3) is 0 Å². The van der Waals surface area contributed by atoms with Crippen LogP contribution in [0.1, 0.15) is 38.5 Å². The summed E-state index contributed by atoms with van der Waals surface area (Å²) < 4.78 is 31.7. The maximum atomic E-state index is 10.6. The van der Waals surface area contributed by atoms with Gasteiger partial charge in [-0.15, -0.1) is 0 Å². The molecule has 0 unspecified atom stereocenters. The zero-order valence-corrected chi connectivity index (χ0v) is 9.16. The molecule has 0 radical (unpaired) electrons. The zero-order valence-electron chi connectivity index (χ0n) is 9.16. The van der Waals surface area contributed by atoms with Gasteiger partial charge in [0.1, 0.15) is 0 Å². The van der Waals surface area contributed by atoms with Crippen LogP contribution in [0.15, 0.2) is 0 Å². The second-order valence-corrected chi connectivity index (χ2v) is 3.90. The van der Waals surface area contributed by atoms with Crippen LogP contribution in [0.2, 0.25) is 0 Å². The van der Waals surface area contributed by atoms with E-state index in [9.17, 15) is 18.0 Å². The number of carboxylic acids is 2. The third-order valence-electron chi connectivity index (χ3n) is 2.43. The molecule has 2 N–H and O–H groups in total. The van der Waals surface area contributed by atoms with E-state index in [2.05, 4.69) is 0 Å². The summed E-state index contributed by atoms with van der Waals surface area (Å²) in [7, 11) is 0. The van der Waals surface area contributed by atoms with E-state index in [1.54, 1.807) is 0 Å². The maximum Gasteiger partial charge on any atom is 0.490 e. The van der Waals surface area contributed by atoms with Crippen LogP contribution in [0, 0.1) is 5.92 Å². The molecule has 0 aromatic rings. The second kappa shape index (κ2) is 7.13. The molecule has 100 valence electrons. The quantitative estimate of drug-likeness (QED) is 0.796. The Bertz CT molecular complexity index is 257. The normalized spacial score (nSPS) is 16.9. The molecule has 1 aliphatic rings. The first kappa shape index (κ1) is 15.7. The van der Waals surface area contributed by atoms with Gasteiger partial charge in [-0.2, -0.15) is 13.2 Å². The molecule has 1 fully saturated rings. The van der Waals surface area contributed by atoms with Gasteiger partial charge in [-0.3, -0.25) is 4.79 Å². The van der Waals surface area contributed by atoms with Crippen molar-refractivity contribution in [3.05, 3.63) is 0 Å². The Labute approximate surface area is 96.4 Å². The Morgan fingerprint density at radius 3 is 1.76 bits per heavy atom. The number of aliphatic carboxylic acids is 2. The van der Waals surface area contributed by atoms with Crippen molar-refractivity contribution in [2.45, 2.75) is 44.7 Å². The first-order chi connectivity index (χ1) is 7.73. The highest BCUT2D eigenvalue weighted by Gasteiger charge is 2.38. The third kappa shape index (κ3) is 8.53. The molecule has 17 heavy (non-hydrogen) atoms. The lowest BCUT2D eigenvalue weighted by molar-refractivity contribution is -0.192. The molecule has 0 heterocycles. The van der Waals surface area contributed by atoms with Gasteiger partial charge < -0.3 is 10.2 Å². The van der Waals surface area contributed by atoms with Gasteiger partial charge in [-0.05, 0) is 18.8 Å². The molecule has 0 bridgehead atoms. The van der Waals surface area contributed by atoms with E-state index in [0.29, 0.717) is 12.3 Å². The number of rotatable bonds is 2. The Kier molecular flexibility index (Phi) is 6.60. The van der Waals surface area contributed by atoms with Crippen LogP contribution in [-0.4, -0.2) is 28.3 Å². The predicted molar refractivity (Wildman–Crippen MR) is 52.5 cm³/mol. The Balaban J connectivity index is 0.000000325. The van der Waals surface area contributed by atoms with Crippen LogP contribution in [0.4, 0.5) is 13.2 Å². The van der Waals surface area contributed by atoms with Crippen LogP contribution < -0.4 is 0 Å². The van der Waals surface area contributed by atoms with Gasteiger partial charge in [0.2, 0.25) is 0 Å². The van der Waals surface area contributed by atoms with Crippen molar-refractivity contribution in [3.63, 3.8) is 0 Å². The van der Waals surface area contributed by atoms with E-state index in [1.165, 1.54) is 19.3 Å². The largest absolute Gasteiger partial charge is 0.490 e. The summed E-state index contributed by atoms with van der Waals surface area (Å²) in [5.41, 5.74) is 0. The number of hydrogen-bond donors (Lipinski definition) is 2. The molecule has 0 aliphatic heterocycles. The van der Waals surface area contributed by atoms with Gasteiger partial charge >= 0.3 is 18.1 Å². The fraction of sp³-hybridized carbons (Fsp3) is 0.800. The van der Waals surface area contributed by atoms with Crippen molar-refractivity contribution >= 4 is 11.9 Å². The van der Waals surface area contributed by atoms with E-state index in [0.717, 1.165) is 12.8 Å². The van der Waals surface area contributed by atoms with Crippen molar-refractivity contribution in [1.82, 2.24) is 0 Å². The molecule has 7 heteroatoms. The molecule has 0 amide bonds. The van der Waals surface area contributed by atoms with Crippen molar-refractivity contribution in [2.24, 2.45) is 5.92 Å². The van der Waals surface area contributed by atoms with E-state index >= 15 is 0 Å². The molecular formula is C10H15F3O4. The zero-order chi connectivity index (χ0) is 13.5. The summed E-state index contributed by atoms with van der Waals surface area (Å²) in [5.74, 6) is -2.91. The highest BCUT2D eigenvalue weighted by molar-refractivity contribution is 5.73. The molecule has 0 aromatic heterocycles. The lowest BCUT2D eigenvalue weighted by Crippen LogP contribution is -2.21. The van der Waals surface area contributed by atoms with Crippen LogP contribution in [0.5, 0.6) is 0 Å². The number of halogens is 3. The highest BCUT2D eigenvalue weighted by atomic mass is 19.4. The SMILES string of the molecule is O=C(O)C(F)(F)F.O=C(O)CC1CCCCC1. The van der Waals surface area contributed by atoms with Gasteiger partial charge in [0.15, 0.2) is 0 Å². The standard InChI is InChI=1S/C8H14O2.C2HF3O2/c9-8(10)6-7-4-2-1-3-5-7;3-2(4,5)1(6)7/h7H,1-6H2,(H,9,10);(H,6,7). The van der Waals surface area contributed by atoms with Crippen molar-refractivity contribution in [2.75, 3.05) is 0 Å². The summed E-state index contributed by atoms with van der Waals surface area (Å²) in [6.45, 7) is 0. The molecule has 0 atom stereocenters. The topological polar surface area (TPSA) is 74.6 Å². The first-order valence-corrected chi connectivity index (χ1v) is 5.25. The molecule has 0 spiro atoms. The predicted octanol–water partition coefficient (Wildman–Crippen LogP) is 2.67. The van der Waals surface area contributed by atoms with Gasteiger partial charge in [0, 0.05) is 6.42 Å². The molecule has 0 saturated heterocycles. The average Bonchev–Trinajstić information content (AvgIpc) is 2.17. The molecule has 0 aromatic carbocycles. The Morgan fingerprint density at radius 1 is 1.06 bits per heavy atom. The molecule has 1 rings (SSSR count). The summed E-state index contributed by atoms with van der Waals surface area (Å²) >= 11 is 0. The highest BCUT2D eigenvalue weighted by Crippen LogP contribution is 2.25. The lowest BCUT2D eigenvalue weighted by atomic mass is 9.87. The molecular weight excluding hydrogens is 241 g/mol. The van der Waals surface area contributed by atoms with Crippen LogP contribution in [-0.2, 0) is 9.59 Å². The van der Waals surface area contributed by atoms with E-state index in [-0.39, 0.29) is 0 Å². The molecule has 1 saturated carbocycles. The summed E-state index contributed by atoms with van der Waals surface area (Å²) in [6.07, 6.45) is 1.34. The minimum Gasteiger partial charge on any atom is -0.481 e. The smallest absolute Gasteiger partial charge is 0.481 e. The number of carboxylic acid groups (broad SMARTS) is 2. The van der Waals surface area contributed by atoms with E-state index < -0.39 is 18.1 Å². The second-order valence-electron chi connectivity index (χ2n) is 3.90. The minimum absolute atomic E-state index is 0.389. The van der Waals surface area contributed by atoms with Crippen molar-refractivity contribution in [3.8, 4) is 0 Å². The van der Waals surface area contributed by atoms with E-state index in [1.807, 2.05) is 0 Å². The molecule has 4 nitrogen and oxygen atoms in total. The van der Waals surface area contributed by atoms with E-state index in [4.69, 9.17) is 15.0 Å². The summed E-state index contributed by atoms with van der Waals surface area (Å²) in [5, 5.41) is 15.6. The average molecular weight is 256 g/mol. The Hall–Kier alpha value is -1.27. The minimum atomic E-state index is -5.08. The first-order valence-electron chi connectivity index (χ1n) is 5.25. The van der Waals surface area contributed by atoms with Gasteiger partial charge in [-0.25, -0.2) is 4.79 Å². The van der Waals surface area contributed by atoms with Crippen molar-refractivity contribution < 1.29 is 33.0 Å². The van der Waals surface area contributed by atoms with Gasteiger partial charge in [0.05, 0.1) is 0 Å². The monoisotopic (exact) mass is 256 g/mol. The van der Waals surface area contributed by atoms with Crippen molar-refractivity contribution in [1.29, 1.82) is 0 Å². The fourth-order valence-electron chi connectivity index (χ4n) is 1.64. The summed E-state index contributed by atoms with van der Waals surface area (Å²) in [4.78, 5) is 19.2. The fourth-order valence-corrected chi connectivity index (χ4v) is 1.64.